The lowest BCUT2D eigenvalue weighted by Crippen LogP contribution is -2.23. The van der Waals surface area contributed by atoms with Crippen LogP contribution in [0.5, 0.6) is 5.75 Å². The van der Waals surface area contributed by atoms with E-state index in [1.54, 1.807) is 0 Å². The van der Waals surface area contributed by atoms with Crippen LogP contribution >= 0.6 is 0 Å². The van der Waals surface area contributed by atoms with E-state index in [1.807, 2.05) is 24.3 Å². The molecule has 0 saturated carbocycles. The quantitative estimate of drug-likeness (QED) is 0.768. The molecule has 0 radical (unpaired) electrons. The Balaban J connectivity index is 2.11. The zero-order chi connectivity index (χ0) is 12.5. The summed E-state index contributed by atoms with van der Waals surface area (Å²) in [6, 6.07) is 7.72. The van der Waals surface area contributed by atoms with Crippen molar-refractivity contribution in [3.8, 4) is 5.75 Å². The van der Waals surface area contributed by atoms with E-state index in [1.165, 1.54) is 0 Å². The molecule has 6 nitrogen and oxygen atoms in total. The molecule has 3 rings (SSSR count). The number of aromatic amines is 1. The first-order chi connectivity index (χ1) is 8.74. The maximum atomic E-state index is 11.3. The van der Waals surface area contributed by atoms with Gasteiger partial charge in [-0.2, -0.15) is 9.97 Å². The number of nitrogens with one attached hydrogen (secondary N) is 1. The SMILES string of the molecule is Nc1nc(C2CCOc3ccccc32)[nH]c(=O)n1. The van der Waals surface area contributed by atoms with Gasteiger partial charge in [0.1, 0.15) is 11.6 Å². The summed E-state index contributed by atoms with van der Waals surface area (Å²) in [5.74, 6) is 1.36. The molecule has 0 aliphatic carbocycles. The van der Waals surface area contributed by atoms with E-state index in [-0.39, 0.29) is 11.9 Å². The van der Waals surface area contributed by atoms with Crippen molar-refractivity contribution in [2.24, 2.45) is 0 Å². The first-order valence-electron chi connectivity index (χ1n) is 5.69. The summed E-state index contributed by atoms with van der Waals surface area (Å²) in [5, 5.41) is 0. The number of anilines is 1. The minimum absolute atomic E-state index is 0.00211. The highest BCUT2D eigenvalue weighted by Crippen LogP contribution is 2.35. The number of nitrogens with zero attached hydrogens (tertiary/aromatic N) is 2. The highest BCUT2D eigenvalue weighted by molar-refractivity contribution is 5.41. The Morgan fingerprint density at radius 2 is 2.17 bits per heavy atom. The van der Waals surface area contributed by atoms with Crippen molar-refractivity contribution in [3.05, 3.63) is 46.1 Å². The molecule has 1 unspecified atom stereocenters. The Labute approximate surface area is 103 Å². The van der Waals surface area contributed by atoms with Gasteiger partial charge in [-0.05, 0) is 12.5 Å². The van der Waals surface area contributed by atoms with Gasteiger partial charge in [0, 0.05) is 11.5 Å². The molecule has 92 valence electrons. The second kappa shape index (κ2) is 4.14. The molecule has 1 aliphatic heterocycles. The van der Waals surface area contributed by atoms with Crippen LogP contribution in [-0.4, -0.2) is 21.6 Å². The number of aromatic nitrogens is 3. The van der Waals surface area contributed by atoms with Crippen molar-refractivity contribution in [1.29, 1.82) is 0 Å². The van der Waals surface area contributed by atoms with Gasteiger partial charge in [-0.25, -0.2) is 4.79 Å². The van der Waals surface area contributed by atoms with Crippen LogP contribution in [0.4, 0.5) is 5.95 Å². The zero-order valence-corrected chi connectivity index (χ0v) is 9.59. The molecular weight excluding hydrogens is 232 g/mol. The van der Waals surface area contributed by atoms with Crippen molar-refractivity contribution < 1.29 is 4.74 Å². The number of rotatable bonds is 1. The molecule has 1 atom stereocenters. The lowest BCUT2D eigenvalue weighted by molar-refractivity contribution is 0.274. The van der Waals surface area contributed by atoms with E-state index in [4.69, 9.17) is 10.5 Å². The number of H-pyrrole nitrogens is 1. The minimum Gasteiger partial charge on any atom is -0.493 e. The average Bonchev–Trinajstić information content (AvgIpc) is 2.37. The lowest BCUT2D eigenvalue weighted by atomic mass is 9.92. The molecule has 1 aromatic carbocycles. The topological polar surface area (TPSA) is 93.9 Å². The summed E-state index contributed by atoms with van der Waals surface area (Å²) >= 11 is 0. The summed E-state index contributed by atoms with van der Waals surface area (Å²) in [4.78, 5) is 21.6. The van der Waals surface area contributed by atoms with E-state index in [9.17, 15) is 4.79 Å². The van der Waals surface area contributed by atoms with Gasteiger partial charge in [0.25, 0.3) is 0 Å². The molecular formula is C12H12N4O2. The summed E-state index contributed by atoms with van der Waals surface area (Å²) < 4.78 is 5.57. The summed E-state index contributed by atoms with van der Waals surface area (Å²) in [6.07, 6.45) is 0.753. The number of hydrogen-bond donors (Lipinski definition) is 2. The van der Waals surface area contributed by atoms with Gasteiger partial charge in [0.2, 0.25) is 5.95 Å². The number of fused-ring (bicyclic) bond motifs is 1. The Bertz CT molecular complexity index is 638. The molecule has 2 aromatic rings. The Kier molecular flexibility index (Phi) is 2.47. The van der Waals surface area contributed by atoms with Gasteiger partial charge in [-0.3, -0.25) is 4.98 Å². The van der Waals surface area contributed by atoms with Crippen molar-refractivity contribution in [1.82, 2.24) is 15.0 Å². The number of ether oxygens (including phenoxy) is 1. The fraction of sp³-hybridized carbons (Fsp3) is 0.250. The molecule has 0 fully saturated rings. The third-order valence-electron chi connectivity index (χ3n) is 2.97. The van der Waals surface area contributed by atoms with Crippen LogP contribution in [0.25, 0.3) is 0 Å². The summed E-state index contributed by atoms with van der Waals surface area (Å²) in [6.45, 7) is 0.591. The molecule has 1 aromatic heterocycles. The van der Waals surface area contributed by atoms with Gasteiger partial charge in [0.05, 0.1) is 6.61 Å². The molecule has 2 heterocycles. The highest BCUT2D eigenvalue weighted by Gasteiger charge is 2.24. The third kappa shape index (κ3) is 1.81. The standard InChI is InChI=1S/C12H12N4O2/c13-11-14-10(15-12(17)16-11)8-5-6-18-9-4-2-1-3-7(8)9/h1-4,8H,5-6H2,(H3,13,14,15,16,17). The van der Waals surface area contributed by atoms with Crippen molar-refractivity contribution in [2.45, 2.75) is 12.3 Å². The number of nitrogens with two attached hydrogens (primary N) is 1. The molecule has 3 N–H and O–H groups in total. The fourth-order valence-electron chi connectivity index (χ4n) is 2.21. The van der Waals surface area contributed by atoms with Crippen molar-refractivity contribution in [2.75, 3.05) is 12.3 Å². The molecule has 18 heavy (non-hydrogen) atoms. The molecule has 0 bridgehead atoms. The largest absolute Gasteiger partial charge is 0.493 e. The second-order valence-corrected chi connectivity index (χ2v) is 4.12. The van der Waals surface area contributed by atoms with E-state index in [2.05, 4.69) is 15.0 Å². The summed E-state index contributed by atoms with van der Waals surface area (Å²) in [7, 11) is 0. The first kappa shape index (κ1) is 10.8. The van der Waals surface area contributed by atoms with Gasteiger partial charge in [-0.15, -0.1) is 0 Å². The van der Waals surface area contributed by atoms with Crippen LogP contribution in [0.15, 0.2) is 29.1 Å². The van der Waals surface area contributed by atoms with Gasteiger partial charge >= 0.3 is 5.69 Å². The summed E-state index contributed by atoms with van der Waals surface area (Å²) in [5.41, 5.74) is 6.05. The third-order valence-corrected chi connectivity index (χ3v) is 2.97. The fourth-order valence-corrected chi connectivity index (χ4v) is 2.21. The van der Waals surface area contributed by atoms with E-state index in [0.717, 1.165) is 17.7 Å². The number of nitrogen functional groups attached to an aromatic ring is 1. The zero-order valence-electron chi connectivity index (χ0n) is 9.59. The van der Waals surface area contributed by atoms with Crippen LogP contribution in [0, 0.1) is 0 Å². The number of para-hydroxylation sites is 1. The predicted molar refractivity (Wildman–Crippen MR) is 65.5 cm³/mol. The Hall–Kier alpha value is -2.37. The van der Waals surface area contributed by atoms with E-state index in [0.29, 0.717) is 12.4 Å². The minimum atomic E-state index is -0.471. The van der Waals surface area contributed by atoms with E-state index < -0.39 is 5.69 Å². The van der Waals surface area contributed by atoms with Crippen LogP contribution in [0.2, 0.25) is 0 Å². The monoisotopic (exact) mass is 244 g/mol. The van der Waals surface area contributed by atoms with Gasteiger partial charge in [0.15, 0.2) is 0 Å². The van der Waals surface area contributed by atoms with Crippen LogP contribution < -0.4 is 16.2 Å². The van der Waals surface area contributed by atoms with Crippen LogP contribution in [0.1, 0.15) is 23.7 Å². The van der Waals surface area contributed by atoms with Crippen LogP contribution in [0.3, 0.4) is 0 Å². The molecule has 0 spiro atoms. The van der Waals surface area contributed by atoms with Gasteiger partial charge < -0.3 is 10.5 Å². The lowest BCUT2D eigenvalue weighted by Gasteiger charge is -2.24. The van der Waals surface area contributed by atoms with Crippen molar-refractivity contribution >= 4 is 5.95 Å². The van der Waals surface area contributed by atoms with Crippen LogP contribution in [-0.2, 0) is 0 Å². The maximum Gasteiger partial charge on any atom is 0.349 e. The normalized spacial score (nSPS) is 17.9. The van der Waals surface area contributed by atoms with E-state index >= 15 is 0 Å². The number of hydrogen-bond acceptors (Lipinski definition) is 5. The predicted octanol–water partition coefficient (Wildman–Crippen LogP) is 0.661. The van der Waals surface area contributed by atoms with Crippen molar-refractivity contribution in [3.63, 3.8) is 0 Å². The number of benzene rings is 1. The highest BCUT2D eigenvalue weighted by atomic mass is 16.5. The second-order valence-electron chi connectivity index (χ2n) is 4.12. The molecule has 0 saturated heterocycles. The smallest absolute Gasteiger partial charge is 0.349 e. The Morgan fingerprint density at radius 1 is 1.33 bits per heavy atom. The Morgan fingerprint density at radius 3 is 3.00 bits per heavy atom. The molecule has 0 amide bonds. The maximum absolute atomic E-state index is 11.3. The first-order valence-corrected chi connectivity index (χ1v) is 5.69. The average molecular weight is 244 g/mol. The molecule has 1 aliphatic rings. The van der Waals surface area contributed by atoms with Gasteiger partial charge in [-0.1, -0.05) is 18.2 Å². The molecule has 6 heteroatoms.